The molecule has 4 unspecified atom stereocenters. The van der Waals surface area contributed by atoms with Crippen LogP contribution in [0.4, 0.5) is 0 Å². The minimum Gasteiger partial charge on any atom is -0.497 e. The van der Waals surface area contributed by atoms with Crippen LogP contribution in [0.1, 0.15) is 144 Å². The zero-order valence-electron chi connectivity index (χ0n) is 34.2. The molecule has 5 saturated carbocycles. The number of amides is 1. The Balaban J connectivity index is 1.09. The van der Waals surface area contributed by atoms with Gasteiger partial charge in [0.1, 0.15) is 17.7 Å². The Morgan fingerprint density at radius 2 is 1.62 bits per heavy atom. The van der Waals surface area contributed by atoms with Crippen LogP contribution in [0, 0.1) is 62.6 Å². The van der Waals surface area contributed by atoms with Crippen LogP contribution >= 0.6 is 0 Å². The van der Waals surface area contributed by atoms with E-state index >= 15 is 4.79 Å². The van der Waals surface area contributed by atoms with Gasteiger partial charge in [0.25, 0.3) is 0 Å². The summed E-state index contributed by atoms with van der Waals surface area (Å²) in [5.41, 5.74) is 2.42. The first kappa shape index (κ1) is 37.1. The third-order valence-electron chi connectivity index (χ3n) is 17.8. The molecular formula is C46H67N3O4. The number of likely N-dealkylation sites (tertiary alicyclic amines) is 1. The number of aromatic amines is 1. The Hall–Kier alpha value is -2.83. The van der Waals surface area contributed by atoms with Gasteiger partial charge in [0, 0.05) is 18.9 Å². The number of imidazole rings is 1. The van der Waals surface area contributed by atoms with Crippen LogP contribution in [0.15, 0.2) is 30.5 Å². The number of H-pyrrole nitrogens is 1. The van der Waals surface area contributed by atoms with Gasteiger partial charge in [-0.3, -0.25) is 9.59 Å². The molecule has 0 bridgehead atoms. The van der Waals surface area contributed by atoms with Crippen LogP contribution in [0.3, 0.4) is 0 Å². The maximum Gasteiger partial charge on any atom is 0.302 e. The Kier molecular flexibility index (Phi) is 9.01. The number of esters is 1. The van der Waals surface area contributed by atoms with Crippen molar-refractivity contribution in [2.24, 2.45) is 62.6 Å². The minimum absolute atomic E-state index is 0.00452. The van der Waals surface area contributed by atoms with Crippen LogP contribution in [0.2, 0.25) is 0 Å². The van der Waals surface area contributed by atoms with Gasteiger partial charge in [0.05, 0.1) is 30.5 Å². The van der Waals surface area contributed by atoms with Crippen LogP contribution in [0.25, 0.3) is 11.3 Å². The molecule has 8 rings (SSSR count). The lowest BCUT2D eigenvalue weighted by Crippen LogP contribution is -2.67. The number of ether oxygens (including phenoxy) is 2. The maximum atomic E-state index is 15.5. The Labute approximate surface area is 319 Å². The summed E-state index contributed by atoms with van der Waals surface area (Å²) in [5.74, 6) is 5.41. The molecule has 5 aliphatic carbocycles. The SMILES string of the molecule is COc1ccc(-c2cnc([C@@H]3CCCN3C(=O)[C@]34CCC(C(C)C)C3[C@H]3CCC5[C@@]6(C)CC[C@H](OC(C)=O)C(C)(C)C6CC[C@@]5(C)[C@]3(C)CC4)[nH]2)cc1. The second-order valence-corrected chi connectivity index (χ2v) is 20.3. The zero-order valence-corrected chi connectivity index (χ0v) is 34.2. The highest BCUT2D eigenvalue weighted by Crippen LogP contribution is 2.78. The van der Waals surface area contributed by atoms with Gasteiger partial charge < -0.3 is 19.4 Å². The summed E-state index contributed by atoms with van der Waals surface area (Å²) >= 11 is 0. The zero-order chi connectivity index (χ0) is 37.7. The number of carbonyl (C=O) groups excluding carboxylic acids is 2. The molecular weight excluding hydrogens is 659 g/mol. The number of nitrogens with one attached hydrogen (secondary N) is 1. The van der Waals surface area contributed by atoms with E-state index in [4.69, 9.17) is 14.5 Å². The lowest BCUT2D eigenvalue weighted by molar-refractivity contribution is -0.251. The van der Waals surface area contributed by atoms with E-state index in [1.807, 2.05) is 18.3 Å². The molecule has 1 aromatic heterocycles. The number of nitrogens with zero attached hydrogens (tertiary/aromatic N) is 2. The first-order chi connectivity index (χ1) is 25.1. The van der Waals surface area contributed by atoms with Crippen LogP contribution < -0.4 is 4.74 Å². The summed E-state index contributed by atoms with van der Waals surface area (Å²) in [7, 11) is 1.69. The highest BCUT2D eigenvalue weighted by atomic mass is 16.5. The molecule has 0 radical (unpaired) electrons. The quantitative estimate of drug-likeness (QED) is 0.300. The monoisotopic (exact) mass is 726 g/mol. The Bertz CT molecular complexity index is 1710. The predicted molar refractivity (Wildman–Crippen MR) is 209 cm³/mol. The molecule has 0 spiro atoms. The second-order valence-electron chi connectivity index (χ2n) is 20.3. The average Bonchev–Trinajstić information content (AvgIpc) is 3.89. The molecule has 7 heteroatoms. The van der Waals surface area contributed by atoms with E-state index in [2.05, 4.69) is 70.5 Å². The molecule has 1 saturated heterocycles. The van der Waals surface area contributed by atoms with Crippen molar-refractivity contribution in [3.05, 3.63) is 36.3 Å². The average molecular weight is 726 g/mol. The molecule has 11 atom stereocenters. The fourth-order valence-corrected chi connectivity index (χ4v) is 15.2. The third kappa shape index (κ3) is 5.34. The lowest BCUT2D eigenvalue weighted by Gasteiger charge is -2.73. The number of hydrogen-bond acceptors (Lipinski definition) is 5. The Morgan fingerprint density at radius 3 is 2.32 bits per heavy atom. The van der Waals surface area contributed by atoms with Crippen molar-refractivity contribution in [3.63, 3.8) is 0 Å². The molecule has 1 N–H and O–H groups in total. The van der Waals surface area contributed by atoms with E-state index in [1.54, 1.807) is 14.0 Å². The van der Waals surface area contributed by atoms with Crippen molar-refractivity contribution in [2.45, 2.75) is 145 Å². The summed E-state index contributed by atoms with van der Waals surface area (Å²) in [4.78, 5) is 38.5. The molecule has 290 valence electrons. The van der Waals surface area contributed by atoms with Gasteiger partial charge in [-0.25, -0.2) is 4.98 Å². The fraction of sp³-hybridized carbons (Fsp3) is 0.761. The molecule has 2 heterocycles. The molecule has 1 aromatic carbocycles. The summed E-state index contributed by atoms with van der Waals surface area (Å²) in [6.07, 6.45) is 15.4. The summed E-state index contributed by atoms with van der Waals surface area (Å²) in [5, 5.41) is 0. The van der Waals surface area contributed by atoms with Crippen molar-refractivity contribution in [3.8, 4) is 17.0 Å². The van der Waals surface area contributed by atoms with E-state index in [9.17, 15) is 4.79 Å². The van der Waals surface area contributed by atoms with Crippen molar-refractivity contribution < 1.29 is 19.1 Å². The van der Waals surface area contributed by atoms with E-state index in [-0.39, 0.29) is 45.2 Å². The number of aromatic nitrogens is 2. The second kappa shape index (κ2) is 12.9. The van der Waals surface area contributed by atoms with E-state index in [0.29, 0.717) is 41.4 Å². The lowest BCUT2D eigenvalue weighted by atomic mass is 9.32. The third-order valence-corrected chi connectivity index (χ3v) is 17.8. The Morgan fingerprint density at radius 1 is 0.868 bits per heavy atom. The van der Waals surface area contributed by atoms with Crippen molar-refractivity contribution >= 4 is 11.9 Å². The number of carbonyl (C=O) groups is 2. The van der Waals surface area contributed by atoms with Crippen molar-refractivity contribution in [1.82, 2.24) is 14.9 Å². The summed E-state index contributed by atoms with van der Waals surface area (Å²) in [6.45, 7) is 20.1. The van der Waals surface area contributed by atoms with Crippen LogP contribution in [-0.2, 0) is 14.3 Å². The summed E-state index contributed by atoms with van der Waals surface area (Å²) < 4.78 is 11.4. The van der Waals surface area contributed by atoms with E-state index in [1.165, 1.54) is 32.1 Å². The van der Waals surface area contributed by atoms with Gasteiger partial charge >= 0.3 is 5.97 Å². The molecule has 2 aromatic rings. The first-order valence-electron chi connectivity index (χ1n) is 21.3. The normalized spacial score (nSPS) is 41.6. The van der Waals surface area contributed by atoms with Crippen molar-refractivity contribution in [2.75, 3.05) is 13.7 Å². The molecule has 1 amide bonds. The fourth-order valence-electron chi connectivity index (χ4n) is 15.2. The van der Waals surface area contributed by atoms with E-state index in [0.717, 1.165) is 74.3 Å². The van der Waals surface area contributed by atoms with Gasteiger partial charge in [-0.1, -0.05) is 48.5 Å². The van der Waals surface area contributed by atoms with Crippen LogP contribution in [-0.4, -0.2) is 46.5 Å². The smallest absolute Gasteiger partial charge is 0.302 e. The maximum absolute atomic E-state index is 15.5. The molecule has 6 aliphatic rings. The largest absolute Gasteiger partial charge is 0.497 e. The van der Waals surface area contributed by atoms with Gasteiger partial charge in [-0.15, -0.1) is 0 Å². The molecule has 1 aliphatic heterocycles. The summed E-state index contributed by atoms with van der Waals surface area (Å²) in [6, 6.07) is 8.11. The number of fused-ring (bicyclic) bond motifs is 7. The van der Waals surface area contributed by atoms with Crippen LogP contribution in [0.5, 0.6) is 5.75 Å². The number of methoxy groups -OCH3 is 1. The first-order valence-corrected chi connectivity index (χ1v) is 21.3. The topological polar surface area (TPSA) is 84.5 Å². The molecule has 6 fully saturated rings. The number of benzene rings is 1. The van der Waals surface area contributed by atoms with Crippen molar-refractivity contribution in [1.29, 1.82) is 0 Å². The highest BCUT2D eigenvalue weighted by Gasteiger charge is 2.72. The minimum atomic E-state index is -0.276. The number of rotatable bonds is 6. The van der Waals surface area contributed by atoms with Gasteiger partial charge in [-0.2, -0.15) is 0 Å². The van der Waals surface area contributed by atoms with Gasteiger partial charge in [0.2, 0.25) is 5.91 Å². The van der Waals surface area contributed by atoms with Gasteiger partial charge in [0.15, 0.2) is 0 Å². The van der Waals surface area contributed by atoms with E-state index < -0.39 is 0 Å². The van der Waals surface area contributed by atoms with Gasteiger partial charge in [-0.05, 0) is 159 Å². The number of hydrogen-bond donors (Lipinski definition) is 1. The predicted octanol–water partition coefficient (Wildman–Crippen LogP) is 10.4. The molecule has 7 nitrogen and oxygen atoms in total. The standard InChI is InChI=1S/C46H67N3O4/c1-28(2)32-18-23-46(41(51)49-26-10-11-35(49)40-47-27-34(48-40)30-12-14-31(52-9)15-13-30)25-24-44(7)33(39(32)46)16-17-37-43(6)21-20-38(53-29(3)50)42(4,5)36(43)19-22-45(37,44)8/h12-15,27-28,32-33,35-39H,10-11,16-26H2,1-9H3,(H,47,48)/t32?,33-,35+,36?,37?,38+,39?,43+,44-,45-,46+/m1/s1. The highest BCUT2D eigenvalue weighted by molar-refractivity contribution is 5.84. The molecule has 53 heavy (non-hydrogen) atoms.